The van der Waals surface area contributed by atoms with E-state index >= 15 is 0 Å². The summed E-state index contributed by atoms with van der Waals surface area (Å²) in [5.74, 6) is -0.365. The van der Waals surface area contributed by atoms with E-state index in [4.69, 9.17) is 0 Å². The first-order chi connectivity index (χ1) is 9.11. The van der Waals surface area contributed by atoms with Crippen LogP contribution >= 0.6 is 0 Å². The summed E-state index contributed by atoms with van der Waals surface area (Å²) in [5, 5.41) is 16.8. The monoisotopic (exact) mass is 263 g/mol. The molecule has 0 radical (unpaired) electrons. The lowest BCUT2D eigenvalue weighted by Crippen LogP contribution is -2.39. The zero-order chi connectivity index (χ0) is 13.8. The van der Waals surface area contributed by atoms with Crippen LogP contribution in [0, 0.1) is 10.1 Å². The lowest BCUT2D eigenvalue weighted by Gasteiger charge is -2.26. The van der Waals surface area contributed by atoms with Crippen molar-refractivity contribution in [3.05, 3.63) is 33.9 Å². The van der Waals surface area contributed by atoms with E-state index in [0.717, 1.165) is 19.3 Å². The first-order valence-corrected chi connectivity index (χ1v) is 6.45. The van der Waals surface area contributed by atoms with Gasteiger partial charge in [-0.3, -0.25) is 14.9 Å². The van der Waals surface area contributed by atoms with Crippen molar-refractivity contribution in [1.82, 2.24) is 5.32 Å². The molecule has 0 aliphatic heterocycles. The first-order valence-electron chi connectivity index (χ1n) is 6.45. The Bertz CT molecular complexity index is 498. The highest BCUT2D eigenvalue weighted by molar-refractivity contribution is 5.99. The predicted octanol–water partition coefficient (Wildman–Crippen LogP) is 2.31. The second kappa shape index (κ2) is 5.69. The highest BCUT2D eigenvalue weighted by Gasteiger charge is 2.25. The molecule has 1 aromatic carbocycles. The van der Waals surface area contributed by atoms with Crippen molar-refractivity contribution >= 4 is 17.3 Å². The van der Waals surface area contributed by atoms with Gasteiger partial charge in [0.05, 0.1) is 4.92 Å². The second-order valence-electron chi connectivity index (χ2n) is 4.62. The molecule has 0 spiro atoms. The quantitative estimate of drug-likeness (QED) is 0.630. The molecule has 0 unspecified atom stereocenters. The molecule has 6 heteroatoms. The number of nitro benzene ring substituents is 1. The van der Waals surface area contributed by atoms with Crippen LogP contribution in [0.25, 0.3) is 0 Å². The van der Waals surface area contributed by atoms with Crippen molar-refractivity contribution in [2.45, 2.75) is 32.2 Å². The number of anilines is 1. The lowest BCUT2D eigenvalue weighted by molar-refractivity contribution is -0.385. The Morgan fingerprint density at radius 3 is 2.74 bits per heavy atom. The van der Waals surface area contributed by atoms with E-state index in [-0.39, 0.29) is 23.2 Å². The second-order valence-corrected chi connectivity index (χ2v) is 4.62. The van der Waals surface area contributed by atoms with Gasteiger partial charge in [0.15, 0.2) is 0 Å². The minimum absolute atomic E-state index is 0.121. The number of benzene rings is 1. The summed E-state index contributed by atoms with van der Waals surface area (Å²) in [6.07, 6.45) is 3.00. The smallest absolute Gasteiger partial charge is 0.282 e. The van der Waals surface area contributed by atoms with Gasteiger partial charge >= 0.3 is 0 Å². The van der Waals surface area contributed by atoms with E-state index in [9.17, 15) is 14.9 Å². The number of carbonyl (C=O) groups excluding carboxylic acids is 1. The molecule has 1 saturated carbocycles. The van der Waals surface area contributed by atoms with Crippen LogP contribution in [0.2, 0.25) is 0 Å². The molecule has 2 N–H and O–H groups in total. The largest absolute Gasteiger partial charge is 0.385 e. The molecule has 0 bridgehead atoms. The van der Waals surface area contributed by atoms with E-state index < -0.39 is 4.92 Å². The zero-order valence-corrected chi connectivity index (χ0v) is 10.8. The lowest BCUT2D eigenvalue weighted by atomic mass is 9.93. The molecule has 1 amide bonds. The van der Waals surface area contributed by atoms with Crippen molar-refractivity contribution < 1.29 is 9.72 Å². The summed E-state index contributed by atoms with van der Waals surface area (Å²) < 4.78 is 0. The topological polar surface area (TPSA) is 84.3 Å². The number of carbonyl (C=O) groups is 1. The summed E-state index contributed by atoms with van der Waals surface area (Å²) in [6.45, 7) is 2.62. The molecular formula is C13H17N3O3. The zero-order valence-electron chi connectivity index (χ0n) is 10.8. The van der Waals surface area contributed by atoms with Crippen LogP contribution in [-0.2, 0) is 0 Å². The highest BCUT2D eigenvalue weighted by atomic mass is 16.6. The fourth-order valence-corrected chi connectivity index (χ4v) is 2.01. The van der Waals surface area contributed by atoms with Gasteiger partial charge in [-0.2, -0.15) is 0 Å². The Morgan fingerprint density at radius 1 is 1.47 bits per heavy atom. The SMILES string of the molecule is CCNc1ccc([N+](=O)[O-])c(C(=O)NC2CCC2)c1. The summed E-state index contributed by atoms with van der Waals surface area (Å²) >= 11 is 0. The van der Waals surface area contributed by atoms with Crippen molar-refractivity contribution in [1.29, 1.82) is 0 Å². The molecule has 1 aromatic rings. The molecule has 6 nitrogen and oxygen atoms in total. The molecule has 102 valence electrons. The van der Waals surface area contributed by atoms with Gasteiger partial charge in [0.25, 0.3) is 11.6 Å². The Morgan fingerprint density at radius 2 is 2.21 bits per heavy atom. The third kappa shape index (κ3) is 3.01. The summed E-state index contributed by atoms with van der Waals surface area (Å²) in [6, 6.07) is 4.68. The fraction of sp³-hybridized carbons (Fsp3) is 0.462. The number of nitrogens with one attached hydrogen (secondary N) is 2. The van der Waals surface area contributed by atoms with Gasteiger partial charge in [-0.05, 0) is 38.3 Å². The van der Waals surface area contributed by atoms with Crippen LogP contribution in [0.15, 0.2) is 18.2 Å². The molecule has 1 fully saturated rings. The number of hydrogen-bond donors (Lipinski definition) is 2. The minimum Gasteiger partial charge on any atom is -0.385 e. The minimum atomic E-state index is -0.522. The standard InChI is InChI=1S/C13H17N3O3/c1-2-14-10-6-7-12(16(18)19)11(8-10)13(17)15-9-4-3-5-9/h6-9,14H,2-5H2,1H3,(H,15,17). The van der Waals surface area contributed by atoms with Gasteiger partial charge in [-0.1, -0.05) is 0 Å². The number of hydrogen-bond acceptors (Lipinski definition) is 4. The van der Waals surface area contributed by atoms with Crippen LogP contribution in [0.1, 0.15) is 36.5 Å². The van der Waals surface area contributed by atoms with E-state index in [1.165, 1.54) is 12.1 Å². The van der Waals surface area contributed by atoms with Crippen molar-refractivity contribution in [3.63, 3.8) is 0 Å². The normalized spacial score (nSPS) is 14.6. The van der Waals surface area contributed by atoms with E-state index in [1.54, 1.807) is 6.07 Å². The van der Waals surface area contributed by atoms with Crippen LogP contribution in [0.4, 0.5) is 11.4 Å². The van der Waals surface area contributed by atoms with Gasteiger partial charge in [0.1, 0.15) is 5.56 Å². The molecule has 0 heterocycles. The van der Waals surface area contributed by atoms with Crippen LogP contribution < -0.4 is 10.6 Å². The van der Waals surface area contributed by atoms with Gasteiger partial charge in [0, 0.05) is 24.3 Å². The average molecular weight is 263 g/mol. The number of nitrogens with zero attached hydrogens (tertiary/aromatic N) is 1. The Labute approximate surface area is 111 Å². The van der Waals surface area contributed by atoms with E-state index in [0.29, 0.717) is 12.2 Å². The maximum Gasteiger partial charge on any atom is 0.282 e. The third-order valence-electron chi connectivity index (χ3n) is 3.26. The van der Waals surface area contributed by atoms with Gasteiger partial charge in [-0.25, -0.2) is 0 Å². The maximum absolute atomic E-state index is 12.1. The van der Waals surface area contributed by atoms with Gasteiger partial charge in [0.2, 0.25) is 0 Å². The molecule has 0 aromatic heterocycles. The van der Waals surface area contributed by atoms with Crippen molar-refractivity contribution in [3.8, 4) is 0 Å². The summed E-state index contributed by atoms with van der Waals surface area (Å²) in [4.78, 5) is 22.5. The van der Waals surface area contributed by atoms with E-state index in [1.807, 2.05) is 6.92 Å². The van der Waals surface area contributed by atoms with Gasteiger partial charge < -0.3 is 10.6 Å². The van der Waals surface area contributed by atoms with Crippen molar-refractivity contribution in [2.24, 2.45) is 0 Å². The molecule has 1 aliphatic carbocycles. The van der Waals surface area contributed by atoms with Gasteiger partial charge in [-0.15, -0.1) is 0 Å². The summed E-state index contributed by atoms with van der Waals surface area (Å²) in [5.41, 5.74) is 0.681. The first kappa shape index (κ1) is 13.3. The number of amides is 1. The molecule has 2 rings (SSSR count). The average Bonchev–Trinajstić information content (AvgIpc) is 2.33. The maximum atomic E-state index is 12.1. The predicted molar refractivity (Wildman–Crippen MR) is 72.4 cm³/mol. The Kier molecular flexibility index (Phi) is 3.99. The molecule has 0 atom stereocenters. The molecule has 1 aliphatic rings. The number of rotatable bonds is 5. The van der Waals surface area contributed by atoms with Crippen molar-refractivity contribution in [2.75, 3.05) is 11.9 Å². The van der Waals surface area contributed by atoms with Crippen LogP contribution in [0.3, 0.4) is 0 Å². The molecule has 0 saturated heterocycles. The molecule has 19 heavy (non-hydrogen) atoms. The van der Waals surface area contributed by atoms with E-state index in [2.05, 4.69) is 10.6 Å². The Hall–Kier alpha value is -2.11. The Balaban J connectivity index is 2.25. The third-order valence-corrected chi connectivity index (χ3v) is 3.26. The highest BCUT2D eigenvalue weighted by Crippen LogP contribution is 2.24. The van der Waals surface area contributed by atoms with Crippen LogP contribution in [-0.4, -0.2) is 23.4 Å². The van der Waals surface area contributed by atoms with Crippen LogP contribution in [0.5, 0.6) is 0 Å². The number of nitro groups is 1. The fourth-order valence-electron chi connectivity index (χ4n) is 2.01. The molecular weight excluding hydrogens is 246 g/mol. The summed E-state index contributed by atoms with van der Waals surface area (Å²) in [7, 11) is 0.